The summed E-state index contributed by atoms with van der Waals surface area (Å²) in [6.07, 6.45) is 0.943. The van der Waals surface area contributed by atoms with E-state index < -0.39 is 0 Å². The van der Waals surface area contributed by atoms with Crippen molar-refractivity contribution in [2.75, 3.05) is 27.2 Å². The highest BCUT2D eigenvalue weighted by atomic mass is 16.5. The van der Waals surface area contributed by atoms with E-state index in [2.05, 4.69) is 10.1 Å². The quantitative estimate of drug-likeness (QED) is 0.807. The summed E-state index contributed by atoms with van der Waals surface area (Å²) in [4.78, 5) is 25.3. The number of benzene rings is 1. The van der Waals surface area contributed by atoms with Crippen molar-refractivity contribution in [1.29, 1.82) is 0 Å². The average Bonchev–Trinajstić information content (AvgIpc) is 2.61. The predicted molar refractivity (Wildman–Crippen MR) is 70.8 cm³/mol. The number of ether oxygens (including phenoxy) is 1. The third-order valence-corrected chi connectivity index (χ3v) is 3.31. The minimum atomic E-state index is -0.371. The molecule has 1 aliphatic heterocycles. The van der Waals surface area contributed by atoms with Crippen molar-refractivity contribution >= 4 is 11.9 Å². The lowest BCUT2D eigenvalue weighted by atomic mass is 10.0. The first-order valence-corrected chi connectivity index (χ1v) is 6.30. The molecule has 1 heterocycles. The third-order valence-electron chi connectivity index (χ3n) is 3.31. The largest absolute Gasteiger partial charge is 0.465 e. The Bertz CT molecular complexity index is 470. The molecule has 19 heavy (non-hydrogen) atoms. The summed E-state index contributed by atoms with van der Waals surface area (Å²) in [5.41, 5.74) is 1.35. The number of carbonyl (C=O) groups excluding carboxylic acids is 2. The van der Waals surface area contributed by atoms with Crippen LogP contribution in [-0.2, 0) is 9.53 Å². The summed E-state index contributed by atoms with van der Waals surface area (Å²) in [6, 6.07) is 6.61. The first-order valence-electron chi connectivity index (χ1n) is 6.30. The summed E-state index contributed by atoms with van der Waals surface area (Å²) in [5, 5.41) is 3.23. The number of hydrogen-bond donors (Lipinski definition) is 1. The summed E-state index contributed by atoms with van der Waals surface area (Å²) >= 11 is 0. The Morgan fingerprint density at radius 1 is 1.37 bits per heavy atom. The Labute approximate surface area is 112 Å². The lowest BCUT2D eigenvalue weighted by Crippen LogP contribution is -2.35. The third kappa shape index (κ3) is 2.93. The molecular formula is C14H18N2O3. The van der Waals surface area contributed by atoms with Gasteiger partial charge in [-0.1, -0.05) is 12.1 Å². The van der Waals surface area contributed by atoms with Crippen LogP contribution in [0.3, 0.4) is 0 Å². The maximum Gasteiger partial charge on any atom is 0.337 e. The number of hydrogen-bond acceptors (Lipinski definition) is 4. The SMILES string of the molecule is COC(=O)c1ccc(C2NCCCN(C)C2=O)cc1. The zero-order chi connectivity index (χ0) is 13.8. The zero-order valence-electron chi connectivity index (χ0n) is 11.2. The molecule has 0 radical (unpaired) electrons. The fraction of sp³-hybridized carbons (Fsp3) is 0.429. The topological polar surface area (TPSA) is 58.6 Å². The van der Waals surface area contributed by atoms with E-state index >= 15 is 0 Å². The van der Waals surface area contributed by atoms with Gasteiger partial charge >= 0.3 is 5.97 Å². The summed E-state index contributed by atoms with van der Waals surface area (Å²) in [6.45, 7) is 1.57. The van der Waals surface area contributed by atoms with Crippen molar-refractivity contribution in [2.24, 2.45) is 0 Å². The highest BCUT2D eigenvalue weighted by Crippen LogP contribution is 2.18. The second-order valence-corrected chi connectivity index (χ2v) is 4.61. The van der Waals surface area contributed by atoms with E-state index in [-0.39, 0.29) is 17.9 Å². The van der Waals surface area contributed by atoms with Gasteiger partial charge in [0.25, 0.3) is 0 Å². The van der Waals surface area contributed by atoms with Crippen LogP contribution >= 0.6 is 0 Å². The Balaban J connectivity index is 2.20. The van der Waals surface area contributed by atoms with E-state index in [1.165, 1.54) is 7.11 Å². The highest BCUT2D eigenvalue weighted by Gasteiger charge is 2.25. The van der Waals surface area contributed by atoms with E-state index in [0.717, 1.165) is 25.1 Å². The molecule has 1 aliphatic rings. The van der Waals surface area contributed by atoms with E-state index in [9.17, 15) is 9.59 Å². The van der Waals surface area contributed by atoms with Crippen LogP contribution in [0.2, 0.25) is 0 Å². The molecule has 1 saturated heterocycles. The lowest BCUT2D eigenvalue weighted by Gasteiger charge is -2.20. The second kappa shape index (κ2) is 5.84. The number of carbonyl (C=O) groups is 2. The molecule has 102 valence electrons. The number of amides is 1. The second-order valence-electron chi connectivity index (χ2n) is 4.61. The fourth-order valence-electron chi connectivity index (χ4n) is 2.17. The van der Waals surface area contributed by atoms with Crippen molar-refractivity contribution in [3.8, 4) is 0 Å². The Hall–Kier alpha value is -1.88. The molecular weight excluding hydrogens is 244 g/mol. The van der Waals surface area contributed by atoms with Crippen molar-refractivity contribution in [2.45, 2.75) is 12.5 Å². The molecule has 5 nitrogen and oxygen atoms in total. The normalized spacial score (nSPS) is 20.0. The molecule has 1 aromatic carbocycles. The first kappa shape index (κ1) is 13.5. The van der Waals surface area contributed by atoms with E-state index in [4.69, 9.17) is 0 Å². The molecule has 1 unspecified atom stereocenters. The maximum absolute atomic E-state index is 12.2. The Morgan fingerprint density at radius 2 is 2.05 bits per heavy atom. The van der Waals surface area contributed by atoms with Gasteiger partial charge in [-0.3, -0.25) is 4.79 Å². The van der Waals surface area contributed by atoms with Crippen LogP contribution < -0.4 is 5.32 Å². The molecule has 0 aromatic heterocycles. The number of rotatable bonds is 2. The standard InChI is InChI=1S/C14H18N2O3/c1-16-9-3-8-15-12(13(16)17)10-4-6-11(7-5-10)14(18)19-2/h4-7,12,15H,3,8-9H2,1-2H3. The van der Waals surface area contributed by atoms with Gasteiger partial charge in [-0.25, -0.2) is 4.79 Å². The predicted octanol–water partition coefficient (Wildman–Crippen LogP) is 0.966. The van der Waals surface area contributed by atoms with Gasteiger partial charge in [0.15, 0.2) is 0 Å². The highest BCUT2D eigenvalue weighted by molar-refractivity contribution is 5.89. The van der Waals surface area contributed by atoms with Crippen LogP contribution in [0.25, 0.3) is 0 Å². The molecule has 1 fully saturated rings. The van der Waals surface area contributed by atoms with Crippen molar-refractivity contribution in [3.63, 3.8) is 0 Å². The molecule has 5 heteroatoms. The number of nitrogens with one attached hydrogen (secondary N) is 1. The number of likely N-dealkylation sites (N-methyl/N-ethyl adjacent to an activating group) is 1. The molecule has 1 amide bonds. The zero-order valence-corrected chi connectivity index (χ0v) is 11.2. The first-order chi connectivity index (χ1) is 9.13. The van der Waals surface area contributed by atoms with Crippen molar-refractivity contribution in [1.82, 2.24) is 10.2 Å². The molecule has 1 atom stereocenters. The summed E-state index contributed by atoms with van der Waals surface area (Å²) in [7, 11) is 3.16. The molecule has 0 bridgehead atoms. The van der Waals surface area contributed by atoms with Gasteiger partial charge in [-0.05, 0) is 30.7 Å². The molecule has 1 aromatic rings. The van der Waals surface area contributed by atoms with Gasteiger partial charge in [-0.2, -0.15) is 0 Å². The van der Waals surface area contributed by atoms with Crippen LogP contribution in [0.4, 0.5) is 0 Å². The molecule has 0 spiro atoms. The average molecular weight is 262 g/mol. The van der Waals surface area contributed by atoms with Crippen LogP contribution in [0.1, 0.15) is 28.4 Å². The van der Waals surface area contributed by atoms with Gasteiger partial charge in [0.1, 0.15) is 6.04 Å². The molecule has 2 rings (SSSR count). The van der Waals surface area contributed by atoms with Gasteiger partial charge < -0.3 is 15.0 Å². The number of esters is 1. The Morgan fingerprint density at radius 3 is 2.68 bits per heavy atom. The number of nitrogens with zero attached hydrogens (tertiary/aromatic N) is 1. The van der Waals surface area contributed by atoms with Crippen LogP contribution in [0, 0.1) is 0 Å². The molecule has 1 N–H and O–H groups in total. The van der Waals surface area contributed by atoms with Crippen LogP contribution in [0.5, 0.6) is 0 Å². The van der Waals surface area contributed by atoms with Gasteiger partial charge in [0.05, 0.1) is 12.7 Å². The van der Waals surface area contributed by atoms with Gasteiger partial charge in [0.2, 0.25) is 5.91 Å². The van der Waals surface area contributed by atoms with Crippen molar-refractivity contribution < 1.29 is 14.3 Å². The summed E-state index contributed by atoms with van der Waals surface area (Å²) in [5.74, 6) is -0.313. The monoisotopic (exact) mass is 262 g/mol. The van der Waals surface area contributed by atoms with Gasteiger partial charge in [-0.15, -0.1) is 0 Å². The van der Waals surface area contributed by atoms with Crippen LogP contribution in [-0.4, -0.2) is 44.0 Å². The maximum atomic E-state index is 12.2. The number of methoxy groups -OCH3 is 1. The lowest BCUT2D eigenvalue weighted by molar-refractivity contribution is -0.131. The minimum absolute atomic E-state index is 0.0586. The molecule has 0 aliphatic carbocycles. The van der Waals surface area contributed by atoms with E-state index in [0.29, 0.717) is 5.56 Å². The van der Waals surface area contributed by atoms with Crippen LogP contribution in [0.15, 0.2) is 24.3 Å². The smallest absolute Gasteiger partial charge is 0.337 e. The van der Waals surface area contributed by atoms with E-state index in [1.54, 1.807) is 29.2 Å². The fourth-order valence-corrected chi connectivity index (χ4v) is 2.17. The molecule has 0 saturated carbocycles. The van der Waals surface area contributed by atoms with E-state index in [1.807, 2.05) is 7.05 Å². The Kier molecular flexibility index (Phi) is 4.16. The van der Waals surface area contributed by atoms with Gasteiger partial charge in [0, 0.05) is 13.6 Å². The minimum Gasteiger partial charge on any atom is -0.465 e. The van der Waals surface area contributed by atoms with Crippen molar-refractivity contribution in [3.05, 3.63) is 35.4 Å². The summed E-state index contributed by atoms with van der Waals surface area (Å²) < 4.78 is 4.65.